The van der Waals surface area contributed by atoms with E-state index in [-0.39, 0.29) is 24.5 Å². The molecule has 1 aromatic rings. The van der Waals surface area contributed by atoms with Crippen molar-refractivity contribution in [3.63, 3.8) is 0 Å². The van der Waals surface area contributed by atoms with Crippen molar-refractivity contribution in [1.29, 1.82) is 0 Å². The van der Waals surface area contributed by atoms with E-state index in [2.05, 4.69) is 31.4 Å². The Balaban J connectivity index is 0.000000891. The minimum Gasteiger partial charge on any atom is -0.490 e. The van der Waals surface area contributed by atoms with Crippen LogP contribution < -0.4 is 15.4 Å². The van der Waals surface area contributed by atoms with E-state index >= 15 is 0 Å². The number of anilines is 1. The minimum absolute atomic E-state index is 0.0306. The molecule has 0 bridgehead atoms. The van der Waals surface area contributed by atoms with Crippen molar-refractivity contribution in [2.24, 2.45) is 0 Å². The number of β-amino-alcohol motifs (C(OH)–C–C–N with tert-alkyl or cyclic N) is 1. The van der Waals surface area contributed by atoms with Crippen LogP contribution in [0.2, 0.25) is 0 Å². The summed E-state index contributed by atoms with van der Waals surface area (Å²) in [5.41, 5.74) is 1.79. The van der Waals surface area contributed by atoms with Crippen LogP contribution in [0.15, 0.2) is 18.2 Å². The summed E-state index contributed by atoms with van der Waals surface area (Å²) in [6.45, 7) is 6.62. The maximum Gasteiger partial charge on any atom is 0.290 e. The third kappa shape index (κ3) is 6.97. The van der Waals surface area contributed by atoms with Gasteiger partial charge in [-0.1, -0.05) is 6.07 Å². The summed E-state index contributed by atoms with van der Waals surface area (Å²) < 4.78 is 5.73. The standard InChI is InChI=1S/C16H24N2O3.CH2O2/c1-16(2,3)17-9-11(19)10-21-14-6-4-5-13-12(14)7-8-15(20)18-13;2-1-3/h4-6,11,17,19H,7-10H2,1-3H3,(H,18,20);1H,(H,2,3). The molecule has 0 fully saturated rings. The van der Waals surface area contributed by atoms with E-state index in [9.17, 15) is 9.90 Å². The Kier molecular flexibility index (Phi) is 7.67. The summed E-state index contributed by atoms with van der Waals surface area (Å²) in [6, 6.07) is 5.59. The highest BCUT2D eigenvalue weighted by Crippen LogP contribution is 2.31. The number of carboxylic acid groups (broad SMARTS) is 1. The molecule has 1 amide bonds. The van der Waals surface area contributed by atoms with Gasteiger partial charge in [-0.3, -0.25) is 9.59 Å². The monoisotopic (exact) mass is 338 g/mol. The third-order valence-corrected chi connectivity index (χ3v) is 3.31. The van der Waals surface area contributed by atoms with Gasteiger partial charge in [-0.05, 0) is 39.3 Å². The zero-order valence-corrected chi connectivity index (χ0v) is 14.3. The molecular weight excluding hydrogens is 312 g/mol. The molecule has 0 radical (unpaired) electrons. The van der Waals surface area contributed by atoms with Crippen molar-refractivity contribution in [2.75, 3.05) is 18.5 Å². The molecule has 0 aliphatic carbocycles. The molecule has 24 heavy (non-hydrogen) atoms. The molecular formula is C17H26N2O5. The van der Waals surface area contributed by atoms with Crippen LogP contribution in [-0.4, -0.2) is 47.4 Å². The number of aliphatic hydroxyl groups excluding tert-OH is 1. The molecule has 134 valence electrons. The van der Waals surface area contributed by atoms with Gasteiger partial charge in [-0.2, -0.15) is 0 Å². The highest BCUT2D eigenvalue weighted by molar-refractivity contribution is 5.94. The molecule has 1 aliphatic rings. The van der Waals surface area contributed by atoms with Gasteiger partial charge < -0.3 is 25.6 Å². The summed E-state index contributed by atoms with van der Waals surface area (Å²) in [6.07, 6.45) is 0.577. The lowest BCUT2D eigenvalue weighted by Crippen LogP contribution is -2.42. The first kappa shape index (κ1) is 19.9. The summed E-state index contributed by atoms with van der Waals surface area (Å²) in [7, 11) is 0. The Morgan fingerprint density at radius 2 is 2.04 bits per heavy atom. The largest absolute Gasteiger partial charge is 0.490 e. The third-order valence-electron chi connectivity index (χ3n) is 3.31. The maximum atomic E-state index is 11.4. The van der Waals surface area contributed by atoms with Gasteiger partial charge in [0.05, 0.1) is 0 Å². The lowest BCUT2D eigenvalue weighted by molar-refractivity contribution is -0.123. The van der Waals surface area contributed by atoms with Gasteiger partial charge in [0.15, 0.2) is 0 Å². The van der Waals surface area contributed by atoms with Gasteiger partial charge in [-0.25, -0.2) is 0 Å². The van der Waals surface area contributed by atoms with Crippen molar-refractivity contribution in [3.05, 3.63) is 23.8 Å². The lowest BCUT2D eigenvalue weighted by atomic mass is 10.0. The number of rotatable bonds is 5. The van der Waals surface area contributed by atoms with Crippen LogP contribution in [-0.2, 0) is 16.0 Å². The molecule has 2 rings (SSSR count). The van der Waals surface area contributed by atoms with E-state index in [4.69, 9.17) is 14.6 Å². The fourth-order valence-corrected chi connectivity index (χ4v) is 2.20. The van der Waals surface area contributed by atoms with Gasteiger partial charge in [0, 0.05) is 29.8 Å². The number of carbonyl (C=O) groups excluding carboxylic acids is 1. The van der Waals surface area contributed by atoms with Crippen LogP contribution in [0.1, 0.15) is 32.8 Å². The summed E-state index contributed by atoms with van der Waals surface area (Å²) in [4.78, 5) is 19.7. The molecule has 0 saturated heterocycles. The molecule has 4 N–H and O–H groups in total. The first-order valence-corrected chi connectivity index (χ1v) is 7.82. The van der Waals surface area contributed by atoms with E-state index in [0.717, 1.165) is 17.0 Å². The minimum atomic E-state index is -0.571. The molecule has 1 heterocycles. The molecule has 1 aliphatic heterocycles. The van der Waals surface area contributed by atoms with Gasteiger partial charge >= 0.3 is 0 Å². The highest BCUT2D eigenvalue weighted by Gasteiger charge is 2.19. The van der Waals surface area contributed by atoms with E-state index in [1.165, 1.54) is 0 Å². The Morgan fingerprint density at radius 1 is 1.38 bits per heavy atom. The number of hydrogen-bond donors (Lipinski definition) is 4. The van der Waals surface area contributed by atoms with Crippen molar-refractivity contribution in [3.8, 4) is 5.75 Å². The number of carbonyl (C=O) groups is 2. The van der Waals surface area contributed by atoms with Crippen LogP contribution in [0, 0.1) is 0 Å². The highest BCUT2D eigenvalue weighted by atomic mass is 16.5. The molecule has 1 atom stereocenters. The van der Waals surface area contributed by atoms with E-state index in [1.807, 2.05) is 18.2 Å². The second-order valence-corrected chi connectivity index (χ2v) is 6.53. The number of aliphatic hydroxyl groups is 1. The normalized spacial score (nSPS) is 14.6. The molecule has 0 aromatic heterocycles. The topological polar surface area (TPSA) is 108 Å². The quantitative estimate of drug-likeness (QED) is 0.605. The Morgan fingerprint density at radius 3 is 2.67 bits per heavy atom. The van der Waals surface area contributed by atoms with Crippen molar-refractivity contribution in [2.45, 2.75) is 45.3 Å². The summed E-state index contributed by atoms with van der Waals surface area (Å²) in [5.74, 6) is 0.774. The van der Waals surface area contributed by atoms with E-state index in [0.29, 0.717) is 19.4 Å². The SMILES string of the molecule is CC(C)(C)NCC(O)COc1cccc2c1CCC(=O)N2.O=CO. The van der Waals surface area contributed by atoms with Crippen LogP contribution in [0.25, 0.3) is 0 Å². The lowest BCUT2D eigenvalue weighted by Gasteiger charge is -2.24. The predicted octanol–water partition coefficient (Wildman–Crippen LogP) is 1.40. The smallest absolute Gasteiger partial charge is 0.290 e. The van der Waals surface area contributed by atoms with E-state index in [1.54, 1.807) is 0 Å². The number of ether oxygens (including phenoxy) is 1. The van der Waals surface area contributed by atoms with E-state index < -0.39 is 6.10 Å². The Labute approximate surface area is 142 Å². The number of hydrogen-bond acceptors (Lipinski definition) is 5. The van der Waals surface area contributed by atoms with Gasteiger partial charge in [0.25, 0.3) is 6.47 Å². The van der Waals surface area contributed by atoms with Crippen molar-refractivity contribution >= 4 is 18.1 Å². The zero-order valence-electron chi connectivity index (χ0n) is 14.3. The van der Waals surface area contributed by atoms with Crippen LogP contribution in [0.3, 0.4) is 0 Å². The average molecular weight is 338 g/mol. The van der Waals surface area contributed by atoms with Gasteiger partial charge in [0.1, 0.15) is 18.5 Å². The first-order chi connectivity index (χ1) is 11.3. The fraction of sp³-hybridized carbons (Fsp3) is 0.529. The molecule has 1 unspecified atom stereocenters. The average Bonchev–Trinajstić information content (AvgIpc) is 2.50. The van der Waals surface area contributed by atoms with Crippen molar-refractivity contribution < 1.29 is 24.5 Å². The molecule has 0 saturated carbocycles. The molecule has 1 aromatic carbocycles. The summed E-state index contributed by atoms with van der Waals surface area (Å²) >= 11 is 0. The van der Waals surface area contributed by atoms with Crippen molar-refractivity contribution in [1.82, 2.24) is 5.32 Å². The van der Waals surface area contributed by atoms with Crippen LogP contribution in [0.5, 0.6) is 5.75 Å². The predicted molar refractivity (Wildman–Crippen MR) is 91.3 cm³/mol. The molecule has 7 heteroatoms. The van der Waals surface area contributed by atoms with Crippen LogP contribution in [0.4, 0.5) is 5.69 Å². The first-order valence-electron chi connectivity index (χ1n) is 7.82. The molecule has 7 nitrogen and oxygen atoms in total. The van der Waals surface area contributed by atoms with Gasteiger partial charge in [-0.15, -0.1) is 0 Å². The number of amides is 1. The molecule has 0 spiro atoms. The van der Waals surface area contributed by atoms with Gasteiger partial charge in [0.2, 0.25) is 5.91 Å². The number of nitrogens with one attached hydrogen (secondary N) is 2. The zero-order chi connectivity index (χ0) is 18.2. The fourth-order valence-electron chi connectivity index (χ4n) is 2.20. The second kappa shape index (κ2) is 9.24. The number of fused-ring (bicyclic) bond motifs is 1. The van der Waals surface area contributed by atoms with Crippen LogP contribution >= 0.6 is 0 Å². The summed E-state index contributed by atoms with van der Waals surface area (Å²) in [5, 5.41) is 22.9. The maximum absolute atomic E-state index is 11.4. The Bertz CT molecular complexity index is 554. The Hall–Kier alpha value is -2.12. The number of benzene rings is 1. The second-order valence-electron chi connectivity index (χ2n) is 6.53.